The van der Waals surface area contributed by atoms with Gasteiger partial charge in [-0.3, -0.25) is 0 Å². The Labute approximate surface area is 251 Å². The predicted octanol–water partition coefficient (Wildman–Crippen LogP) is 9.73. The quantitative estimate of drug-likeness (QED) is 0.211. The van der Waals surface area contributed by atoms with Crippen molar-refractivity contribution >= 4 is 44.1 Å². The van der Waals surface area contributed by atoms with Crippen LogP contribution in [0, 0.1) is 0 Å². The first-order valence-corrected chi connectivity index (χ1v) is 14.4. The van der Waals surface area contributed by atoms with E-state index in [4.69, 9.17) is 28.8 Å². The van der Waals surface area contributed by atoms with Gasteiger partial charge in [-0.2, -0.15) is 0 Å². The Balaban J connectivity index is 1.38. The van der Waals surface area contributed by atoms with Crippen molar-refractivity contribution in [2.24, 2.45) is 0 Å². The zero-order valence-corrected chi connectivity index (χ0v) is 23.3. The average molecular weight is 567 g/mol. The molecule has 0 saturated carbocycles. The van der Waals surface area contributed by atoms with Crippen molar-refractivity contribution in [1.82, 2.24) is 19.9 Å². The number of benzene rings is 5. The maximum Gasteiger partial charge on any atom is 0.180 e. The lowest BCUT2D eigenvalue weighted by atomic mass is 9.99. The number of hydrogen-bond acceptors (Lipinski definition) is 6. The molecule has 4 aromatic heterocycles. The molecule has 0 aliphatic heterocycles. The minimum atomic E-state index is 0.621. The summed E-state index contributed by atoms with van der Waals surface area (Å²) >= 11 is 0. The predicted molar refractivity (Wildman–Crippen MR) is 174 cm³/mol. The van der Waals surface area contributed by atoms with Crippen LogP contribution in [0.4, 0.5) is 0 Å². The van der Waals surface area contributed by atoms with E-state index in [1.165, 1.54) is 0 Å². The minimum absolute atomic E-state index is 0.621. The lowest BCUT2D eigenvalue weighted by molar-refractivity contribution is 0.666. The van der Waals surface area contributed by atoms with Crippen LogP contribution in [0.2, 0.25) is 0 Å². The van der Waals surface area contributed by atoms with E-state index in [0.717, 1.165) is 55.2 Å². The monoisotopic (exact) mass is 566 g/mol. The number of fused-ring (bicyclic) bond motifs is 6. The normalized spacial score (nSPS) is 11.6. The molecule has 0 radical (unpaired) electrons. The van der Waals surface area contributed by atoms with E-state index in [1.807, 2.05) is 121 Å². The van der Waals surface area contributed by atoms with Crippen LogP contribution in [0.1, 0.15) is 0 Å². The smallest absolute Gasteiger partial charge is 0.180 e. The average Bonchev–Trinajstić information content (AvgIpc) is 3.67. The third-order valence-electron chi connectivity index (χ3n) is 7.94. The van der Waals surface area contributed by atoms with Gasteiger partial charge in [-0.1, -0.05) is 109 Å². The fraction of sp³-hybridized carbons (Fsp3) is 0. The van der Waals surface area contributed by atoms with Gasteiger partial charge >= 0.3 is 0 Å². The molecule has 0 amide bonds. The van der Waals surface area contributed by atoms with Gasteiger partial charge in [-0.25, -0.2) is 19.9 Å². The van der Waals surface area contributed by atoms with Gasteiger partial charge < -0.3 is 8.83 Å². The van der Waals surface area contributed by atoms with Gasteiger partial charge in [-0.05, 0) is 24.3 Å². The lowest BCUT2D eigenvalue weighted by Crippen LogP contribution is -1.98. The zero-order valence-electron chi connectivity index (χ0n) is 23.3. The second-order valence-electron chi connectivity index (χ2n) is 10.6. The highest BCUT2D eigenvalue weighted by molar-refractivity contribution is 6.11. The number of hydrogen-bond donors (Lipinski definition) is 0. The molecule has 206 valence electrons. The summed E-state index contributed by atoms with van der Waals surface area (Å²) in [5, 5.41) is 1.88. The van der Waals surface area contributed by atoms with Crippen molar-refractivity contribution in [1.29, 1.82) is 0 Å². The van der Waals surface area contributed by atoms with Crippen LogP contribution >= 0.6 is 0 Å². The molecular weight excluding hydrogens is 544 g/mol. The Morgan fingerprint density at radius 2 is 0.750 bits per heavy atom. The highest BCUT2D eigenvalue weighted by Crippen LogP contribution is 2.42. The third kappa shape index (κ3) is 3.82. The van der Waals surface area contributed by atoms with E-state index < -0.39 is 0 Å². The first-order valence-electron chi connectivity index (χ1n) is 14.4. The summed E-state index contributed by atoms with van der Waals surface area (Å²) in [7, 11) is 0. The summed E-state index contributed by atoms with van der Waals surface area (Å²) in [4.78, 5) is 20.3. The Morgan fingerprint density at radius 3 is 1.20 bits per heavy atom. The van der Waals surface area contributed by atoms with E-state index in [0.29, 0.717) is 34.2 Å². The molecule has 0 atom stereocenters. The van der Waals surface area contributed by atoms with E-state index in [2.05, 4.69) is 12.1 Å². The Bertz CT molecular complexity index is 2320. The molecule has 0 bridgehead atoms. The molecule has 0 spiro atoms. The second-order valence-corrected chi connectivity index (χ2v) is 10.6. The standard InChI is InChI=1S/C38H22N4O2/c1-3-13-23(14-4-1)37-39-31(35-33(41-37)27-19-9-11-21-29(27)43-35)25-17-7-8-18-26(25)32-36-34(28-20-10-12-22-30(28)44-36)42-38(40-32)24-15-5-2-6-16-24/h1-22H. The SMILES string of the molecule is c1ccc(-c2nc(-c3ccccc3-c3nc(-c4ccccc4)nc4c3oc3ccccc34)c3oc4ccccc4c3n2)cc1. The van der Waals surface area contributed by atoms with Crippen molar-refractivity contribution < 1.29 is 8.83 Å². The highest BCUT2D eigenvalue weighted by Gasteiger charge is 2.24. The molecule has 4 heterocycles. The van der Waals surface area contributed by atoms with Crippen molar-refractivity contribution in [3.8, 4) is 45.3 Å². The van der Waals surface area contributed by atoms with Gasteiger partial charge in [0.1, 0.15) is 33.6 Å². The molecule has 0 fully saturated rings. The molecular formula is C38H22N4O2. The Kier molecular flexibility index (Phi) is 5.40. The molecule has 0 saturated heterocycles. The van der Waals surface area contributed by atoms with Crippen molar-refractivity contribution in [3.63, 3.8) is 0 Å². The number of furan rings is 2. The van der Waals surface area contributed by atoms with E-state index in [-0.39, 0.29) is 0 Å². The minimum Gasteiger partial charge on any atom is -0.452 e. The summed E-state index contributed by atoms with van der Waals surface area (Å²) in [6, 6.07) is 44.1. The number of nitrogens with zero attached hydrogens (tertiary/aromatic N) is 4. The maximum absolute atomic E-state index is 6.47. The molecule has 5 aromatic carbocycles. The summed E-state index contributed by atoms with van der Waals surface area (Å²) in [6.45, 7) is 0. The van der Waals surface area contributed by atoms with Crippen LogP contribution in [0.3, 0.4) is 0 Å². The van der Waals surface area contributed by atoms with Gasteiger partial charge in [-0.15, -0.1) is 0 Å². The number of aromatic nitrogens is 4. The van der Waals surface area contributed by atoms with Crippen LogP contribution in [-0.2, 0) is 0 Å². The van der Waals surface area contributed by atoms with Crippen LogP contribution < -0.4 is 0 Å². The topological polar surface area (TPSA) is 77.8 Å². The second kappa shape index (κ2) is 9.71. The molecule has 44 heavy (non-hydrogen) atoms. The first kappa shape index (κ1) is 24.5. The summed E-state index contributed by atoms with van der Waals surface area (Å²) in [5.74, 6) is 1.24. The zero-order chi connectivity index (χ0) is 29.0. The first-order chi connectivity index (χ1) is 21.8. The van der Waals surface area contributed by atoms with Crippen LogP contribution in [0.5, 0.6) is 0 Å². The molecule has 0 aliphatic carbocycles. The molecule has 6 heteroatoms. The largest absolute Gasteiger partial charge is 0.452 e. The molecule has 0 aliphatic rings. The van der Waals surface area contributed by atoms with Crippen molar-refractivity contribution in [2.75, 3.05) is 0 Å². The van der Waals surface area contributed by atoms with Gasteiger partial charge in [0.15, 0.2) is 22.8 Å². The van der Waals surface area contributed by atoms with Gasteiger partial charge in [0.05, 0.1) is 0 Å². The van der Waals surface area contributed by atoms with Gasteiger partial charge in [0.25, 0.3) is 0 Å². The fourth-order valence-corrected chi connectivity index (χ4v) is 5.88. The molecule has 6 nitrogen and oxygen atoms in total. The molecule has 9 aromatic rings. The highest BCUT2D eigenvalue weighted by atomic mass is 16.3. The summed E-state index contributed by atoms with van der Waals surface area (Å²) in [6.07, 6.45) is 0. The van der Waals surface area contributed by atoms with E-state index in [1.54, 1.807) is 0 Å². The van der Waals surface area contributed by atoms with E-state index >= 15 is 0 Å². The van der Waals surface area contributed by atoms with Crippen molar-refractivity contribution in [3.05, 3.63) is 133 Å². The Hall–Kier alpha value is -6.14. The fourth-order valence-electron chi connectivity index (χ4n) is 5.88. The number of rotatable bonds is 4. The molecule has 9 rings (SSSR count). The molecule has 0 N–H and O–H groups in total. The van der Waals surface area contributed by atoms with Crippen LogP contribution in [0.25, 0.3) is 89.4 Å². The summed E-state index contributed by atoms with van der Waals surface area (Å²) in [5.41, 5.74) is 9.22. The van der Waals surface area contributed by atoms with Gasteiger partial charge in [0.2, 0.25) is 0 Å². The number of para-hydroxylation sites is 2. The third-order valence-corrected chi connectivity index (χ3v) is 7.94. The molecule has 0 unspecified atom stereocenters. The van der Waals surface area contributed by atoms with Gasteiger partial charge in [0, 0.05) is 33.0 Å². The van der Waals surface area contributed by atoms with Crippen LogP contribution in [-0.4, -0.2) is 19.9 Å². The Morgan fingerprint density at radius 1 is 0.364 bits per heavy atom. The van der Waals surface area contributed by atoms with Crippen LogP contribution in [0.15, 0.2) is 142 Å². The summed E-state index contributed by atoms with van der Waals surface area (Å²) < 4.78 is 12.9. The van der Waals surface area contributed by atoms with Crippen molar-refractivity contribution in [2.45, 2.75) is 0 Å². The maximum atomic E-state index is 6.47. The van der Waals surface area contributed by atoms with E-state index in [9.17, 15) is 0 Å². The lowest BCUT2D eigenvalue weighted by Gasteiger charge is -2.12.